The van der Waals surface area contributed by atoms with Crippen molar-refractivity contribution in [2.75, 3.05) is 0 Å². The molecule has 0 aliphatic rings. The number of carboxylic acids is 1. The number of hydrogen-bond acceptors (Lipinski definition) is 1. The fraction of sp³-hybridized carbons (Fsp3) is 0.960. The van der Waals surface area contributed by atoms with Gasteiger partial charge in [0.05, 0.1) is 5.92 Å². The minimum absolute atomic E-state index is 0.189. The van der Waals surface area contributed by atoms with E-state index in [1.807, 2.05) is 6.92 Å². The molecule has 0 amide bonds. The Labute approximate surface area is 170 Å². The van der Waals surface area contributed by atoms with E-state index in [0.717, 1.165) is 6.42 Å². The number of hydrogen-bond donors (Lipinski definition) is 1. The zero-order chi connectivity index (χ0) is 20.2. The van der Waals surface area contributed by atoms with E-state index < -0.39 is 5.97 Å². The van der Waals surface area contributed by atoms with Gasteiger partial charge in [-0.05, 0) is 12.3 Å². The second-order valence-electron chi connectivity index (χ2n) is 9.03. The molecule has 2 unspecified atom stereocenters. The molecule has 0 spiro atoms. The summed E-state index contributed by atoms with van der Waals surface area (Å²) in [5.41, 5.74) is 0. The van der Waals surface area contributed by atoms with Gasteiger partial charge in [-0.15, -0.1) is 0 Å². The van der Waals surface area contributed by atoms with Crippen LogP contribution in [0.3, 0.4) is 0 Å². The van der Waals surface area contributed by atoms with Gasteiger partial charge in [0.25, 0.3) is 0 Å². The average Bonchev–Trinajstić information content (AvgIpc) is 2.64. The van der Waals surface area contributed by atoms with Crippen LogP contribution in [0.5, 0.6) is 0 Å². The topological polar surface area (TPSA) is 37.3 Å². The molecular weight excluding hydrogens is 332 g/mol. The molecule has 0 aromatic carbocycles. The molecule has 0 radical (unpaired) electrons. The number of rotatable bonds is 21. The van der Waals surface area contributed by atoms with Crippen LogP contribution in [0.15, 0.2) is 0 Å². The summed E-state index contributed by atoms with van der Waals surface area (Å²) in [6.07, 6.45) is 26.0. The Morgan fingerprint density at radius 2 is 0.963 bits per heavy atom. The van der Waals surface area contributed by atoms with E-state index in [1.165, 1.54) is 116 Å². The van der Waals surface area contributed by atoms with Crippen molar-refractivity contribution in [3.8, 4) is 0 Å². The molecule has 27 heavy (non-hydrogen) atoms. The van der Waals surface area contributed by atoms with Crippen molar-refractivity contribution in [1.29, 1.82) is 0 Å². The zero-order valence-electron chi connectivity index (χ0n) is 18.9. The highest BCUT2D eigenvalue weighted by Crippen LogP contribution is 2.19. The van der Waals surface area contributed by atoms with E-state index in [0.29, 0.717) is 5.92 Å². The molecule has 0 aliphatic heterocycles. The molecule has 0 saturated heterocycles. The third-order valence-electron chi connectivity index (χ3n) is 5.98. The summed E-state index contributed by atoms with van der Waals surface area (Å²) in [5, 5.41) is 8.95. The zero-order valence-corrected chi connectivity index (χ0v) is 18.9. The molecule has 0 bridgehead atoms. The molecule has 0 rings (SSSR count). The molecule has 0 aromatic heterocycles. The minimum atomic E-state index is -0.649. The summed E-state index contributed by atoms with van der Waals surface area (Å²) in [4.78, 5) is 10.9. The third kappa shape index (κ3) is 20.0. The van der Waals surface area contributed by atoms with E-state index in [4.69, 9.17) is 5.11 Å². The van der Waals surface area contributed by atoms with Gasteiger partial charge < -0.3 is 5.11 Å². The number of aliphatic carboxylic acids is 1. The second-order valence-corrected chi connectivity index (χ2v) is 9.03. The molecular formula is C25H50O2. The Morgan fingerprint density at radius 1 is 0.630 bits per heavy atom. The van der Waals surface area contributed by atoms with Crippen LogP contribution >= 0.6 is 0 Å². The van der Waals surface area contributed by atoms with Crippen LogP contribution in [0.25, 0.3) is 0 Å². The quantitative estimate of drug-likeness (QED) is 0.201. The van der Waals surface area contributed by atoms with Gasteiger partial charge in [-0.3, -0.25) is 4.79 Å². The van der Waals surface area contributed by atoms with Crippen molar-refractivity contribution in [3.05, 3.63) is 0 Å². The lowest BCUT2D eigenvalue weighted by molar-refractivity contribution is -0.141. The van der Waals surface area contributed by atoms with Gasteiger partial charge in [0.15, 0.2) is 0 Å². The van der Waals surface area contributed by atoms with Crippen LogP contribution in [0.1, 0.15) is 143 Å². The van der Waals surface area contributed by atoms with E-state index in [-0.39, 0.29) is 5.92 Å². The maximum atomic E-state index is 10.9. The lowest BCUT2D eigenvalue weighted by Gasteiger charge is -2.13. The summed E-state index contributed by atoms with van der Waals surface area (Å²) in [7, 11) is 0. The van der Waals surface area contributed by atoms with Gasteiger partial charge >= 0.3 is 5.97 Å². The highest BCUT2D eigenvalue weighted by Gasteiger charge is 2.14. The summed E-state index contributed by atoms with van der Waals surface area (Å²) >= 11 is 0. The smallest absolute Gasteiger partial charge is 0.306 e. The van der Waals surface area contributed by atoms with Gasteiger partial charge in [-0.2, -0.15) is 0 Å². The van der Waals surface area contributed by atoms with Gasteiger partial charge in [-0.25, -0.2) is 0 Å². The molecule has 162 valence electrons. The lowest BCUT2D eigenvalue weighted by atomic mass is 9.92. The Kier molecular flexibility index (Phi) is 19.8. The summed E-state index contributed by atoms with van der Waals surface area (Å²) in [6.45, 7) is 6.31. The Balaban J connectivity index is 3.16. The van der Waals surface area contributed by atoms with Gasteiger partial charge in [0, 0.05) is 0 Å². The molecule has 2 heteroatoms. The Morgan fingerprint density at radius 3 is 1.30 bits per heavy atom. The van der Waals surface area contributed by atoms with Crippen LogP contribution in [-0.2, 0) is 4.79 Å². The molecule has 2 atom stereocenters. The van der Waals surface area contributed by atoms with E-state index in [2.05, 4.69) is 13.8 Å². The first kappa shape index (κ1) is 26.5. The largest absolute Gasteiger partial charge is 0.481 e. The van der Waals surface area contributed by atoms with Crippen molar-refractivity contribution < 1.29 is 9.90 Å². The SMILES string of the molecule is CCCCCCCCCCCCCCCCCCCC(C)CC(C)C(=O)O. The summed E-state index contributed by atoms with van der Waals surface area (Å²) in [6, 6.07) is 0. The highest BCUT2D eigenvalue weighted by molar-refractivity contribution is 5.69. The Hall–Kier alpha value is -0.530. The molecule has 0 saturated carbocycles. The maximum Gasteiger partial charge on any atom is 0.306 e. The summed E-state index contributed by atoms with van der Waals surface area (Å²) in [5.74, 6) is -0.289. The third-order valence-corrected chi connectivity index (χ3v) is 5.98. The average molecular weight is 383 g/mol. The first-order chi connectivity index (χ1) is 13.1. The van der Waals surface area contributed by atoms with Crippen LogP contribution in [0.4, 0.5) is 0 Å². The van der Waals surface area contributed by atoms with Crippen LogP contribution in [0, 0.1) is 11.8 Å². The molecule has 1 N–H and O–H groups in total. The van der Waals surface area contributed by atoms with E-state index >= 15 is 0 Å². The van der Waals surface area contributed by atoms with Crippen molar-refractivity contribution >= 4 is 5.97 Å². The minimum Gasteiger partial charge on any atom is -0.481 e. The van der Waals surface area contributed by atoms with Crippen molar-refractivity contribution in [2.24, 2.45) is 11.8 Å². The van der Waals surface area contributed by atoms with Crippen LogP contribution < -0.4 is 0 Å². The normalized spacial score (nSPS) is 13.6. The van der Waals surface area contributed by atoms with Crippen molar-refractivity contribution in [3.63, 3.8) is 0 Å². The predicted octanol–water partition coefficient (Wildman–Crippen LogP) is 8.78. The van der Waals surface area contributed by atoms with Gasteiger partial charge in [0.2, 0.25) is 0 Å². The molecule has 2 nitrogen and oxygen atoms in total. The van der Waals surface area contributed by atoms with Crippen LogP contribution in [-0.4, -0.2) is 11.1 Å². The molecule has 0 aliphatic carbocycles. The maximum absolute atomic E-state index is 10.9. The second kappa shape index (κ2) is 20.2. The predicted molar refractivity (Wildman–Crippen MR) is 119 cm³/mol. The molecule has 0 fully saturated rings. The van der Waals surface area contributed by atoms with Crippen molar-refractivity contribution in [2.45, 2.75) is 143 Å². The first-order valence-electron chi connectivity index (χ1n) is 12.3. The monoisotopic (exact) mass is 382 g/mol. The lowest BCUT2D eigenvalue weighted by Crippen LogP contribution is -2.13. The number of carbonyl (C=O) groups is 1. The molecule has 0 heterocycles. The summed E-state index contributed by atoms with van der Waals surface area (Å²) < 4.78 is 0. The van der Waals surface area contributed by atoms with Gasteiger partial charge in [-0.1, -0.05) is 136 Å². The Bertz CT molecular complexity index is 313. The standard InChI is InChI=1S/C25H50O2/c1-4-5-6-7-8-9-10-11-12-13-14-15-16-17-18-19-20-21-23(2)22-24(3)25(26)27/h23-24H,4-22H2,1-3H3,(H,26,27). The van der Waals surface area contributed by atoms with E-state index in [9.17, 15) is 4.79 Å². The molecule has 0 aromatic rings. The fourth-order valence-corrected chi connectivity index (χ4v) is 4.04. The van der Waals surface area contributed by atoms with Crippen LogP contribution in [0.2, 0.25) is 0 Å². The fourth-order valence-electron chi connectivity index (χ4n) is 4.04. The number of carboxylic acid groups (broad SMARTS) is 1. The van der Waals surface area contributed by atoms with Gasteiger partial charge in [0.1, 0.15) is 0 Å². The van der Waals surface area contributed by atoms with Crippen molar-refractivity contribution in [1.82, 2.24) is 0 Å². The first-order valence-corrected chi connectivity index (χ1v) is 12.3. The van der Waals surface area contributed by atoms with E-state index in [1.54, 1.807) is 0 Å². The highest BCUT2D eigenvalue weighted by atomic mass is 16.4. The number of unbranched alkanes of at least 4 members (excludes halogenated alkanes) is 16.